The molecule has 0 radical (unpaired) electrons. The van der Waals surface area contributed by atoms with Gasteiger partial charge in [-0.25, -0.2) is 0 Å². The predicted molar refractivity (Wildman–Crippen MR) is 87.3 cm³/mol. The van der Waals surface area contributed by atoms with Crippen molar-refractivity contribution >= 4 is 5.69 Å². The van der Waals surface area contributed by atoms with Crippen molar-refractivity contribution in [3.63, 3.8) is 0 Å². The average Bonchev–Trinajstić information content (AvgIpc) is 2.57. The lowest BCUT2D eigenvalue weighted by Crippen LogP contribution is -2.51. The maximum absolute atomic E-state index is 5.22. The van der Waals surface area contributed by atoms with Gasteiger partial charge in [0.25, 0.3) is 0 Å². The highest BCUT2D eigenvalue weighted by Crippen LogP contribution is 2.20. The Bertz CT molecular complexity index is 420. The number of hydrogen-bond donors (Lipinski definition) is 1. The van der Waals surface area contributed by atoms with Crippen LogP contribution in [0.15, 0.2) is 24.3 Å². The third kappa shape index (κ3) is 3.89. The Kier molecular flexibility index (Phi) is 4.99. The first-order chi connectivity index (χ1) is 10.3. The van der Waals surface area contributed by atoms with E-state index < -0.39 is 0 Å². The number of nitrogens with one attached hydrogen (secondary N) is 1. The molecule has 116 valence electrons. The fourth-order valence-electron chi connectivity index (χ4n) is 3.37. The molecule has 4 heteroatoms. The number of ether oxygens (including phenoxy) is 1. The van der Waals surface area contributed by atoms with Gasteiger partial charge in [-0.05, 0) is 43.7 Å². The van der Waals surface area contributed by atoms with E-state index in [-0.39, 0.29) is 0 Å². The highest BCUT2D eigenvalue weighted by molar-refractivity contribution is 5.49. The van der Waals surface area contributed by atoms with Crippen LogP contribution in [0.3, 0.4) is 0 Å². The largest absolute Gasteiger partial charge is 0.497 e. The third-order valence-electron chi connectivity index (χ3n) is 4.70. The Morgan fingerprint density at radius 1 is 1.10 bits per heavy atom. The van der Waals surface area contributed by atoms with Gasteiger partial charge in [0.1, 0.15) is 5.75 Å². The molecule has 2 saturated heterocycles. The Morgan fingerprint density at radius 2 is 1.86 bits per heavy atom. The smallest absolute Gasteiger partial charge is 0.119 e. The molecule has 21 heavy (non-hydrogen) atoms. The Balaban J connectivity index is 1.47. The molecule has 1 unspecified atom stereocenters. The van der Waals surface area contributed by atoms with Crippen LogP contribution in [0.4, 0.5) is 5.69 Å². The van der Waals surface area contributed by atoms with Gasteiger partial charge in [-0.15, -0.1) is 0 Å². The fraction of sp³-hybridized carbons (Fsp3) is 0.647. The van der Waals surface area contributed by atoms with Gasteiger partial charge in [0.15, 0.2) is 0 Å². The van der Waals surface area contributed by atoms with Crippen molar-refractivity contribution in [1.29, 1.82) is 0 Å². The van der Waals surface area contributed by atoms with E-state index in [0.29, 0.717) is 6.04 Å². The molecule has 1 atom stereocenters. The van der Waals surface area contributed by atoms with Crippen LogP contribution in [-0.2, 0) is 0 Å². The molecule has 1 aromatic rings. The van der Waals surface area contributed by atoms with E-state index in [9.17, 15) is 0 Å². The van der Waals surface area contributed by atoms with Crippen molar-refractivity contribution in [2.75, 3.05) is 51.3 Å². The van der Waals surface area contributed by atoms with Crippen molar-refractivity contribution in [2.24, 2.45) is 0 Å². The van der Waals surface area contributed by atoms with Gasteiger partial charge in [0, 0.05) is 44.5 Å². The SMILES string of the molecule is COc1ccc(N2CCN(CC3CCCCN3)CC2)cc1. The quantitative estimate of drug-likeness (QED) is 0.917. The van der Waals surface area contributed by atoms with Crippen LogP contribution in [0.2, 0.25) is 0 Å². The molecule has 1 aromatic carbocycles. The van der Waals surface area contributed by atoms with Gasteiger partial charge in [0.2, 0.25) is 0 Å². The van der Waals surface area contributed by atoms with Gasteiger partial charge < -0.3 is 15.0 Å². The summed E-state index contributed by atoms with van der Waals surface area (Å²) in [5, 5.41) is 3.65. The van der Waals surface area contributed by atoms with Crippen LogP contribution in [0, 0.1) is 0 Å². The molecule has 0 bridgehead atoms. The second-order valence-electron chi connectivity index (χ2n) is 6.13. The Hall–Kier alpha value is -1.26. The minimum atomic E-state index is 0.714. The molecule has 0 aliphatic carbocycles. The summed E-state index contributed by atoms with van der Waals surface area (Å²) in [6.45, 7) is 7.01. The average molecular weight is 289 g/mol. The number of piperidine rings is 1. The lowest BCUT2D eigenvalue weighted by molar-refractivity contribution is 0.214. The van der Waals surface area contributed by atoms with Crippen LogP contribution in [0.25, 0.3) is 0 Å². The number of piperazine rings is 1. The minimum Gasteiger partial charge on any atom is -0.497 e. The summed E-state index contributed by atoms with van der Waals surface area (Å²) in [6, 6.07) is 9.14. The first-order valence-corrected chi connectivity index (χ1v) is 8.20. The van der Waals surface area contributed by atoms with Crippen LogP contribution < -0.4 is 15.0 Å². The van der Waals surface area contributed by atoms with E-state index in [1.165, 1.54) is 51.1 Å². The zero-order valence-corrected chi connectivity index (χ0v) is 13.1. The molecule has 0 aromatic heterocycles. The van der Waals surface area contributed by atoms with Crippen LogP contribution in [-0.4, -0.2) is 57.3 Å². The summed E-state index contributed by atoms with van der Waals surface area (Å²) in [5.74, 6) is 0.931. The minimum absolute atomic E-state index is 0.714. The van der Waals surface area contributed by atoms with Crippen LogP contribution in [0.1, 0.15) is 19.3 Å². The summed E-state index contributed by atoms with van der Waals surface area (Å²) in [6.07, 6.45) is 4.09. The first kappa shape index (κ1) is 14.7. The van der Waals surface area contributed by atoms with Crippen molar-refractivity contribution in [3.8, 4) is 5.75 Å². The molecule has 4 nitrogen and oxygen atoms in total. The fourth-order valence-corrected chi connectivity index (χ4v) is 3.37. The maximum atomic E-state index is 5.22. The second kappa shape index (κ2) is 7.14. The number of anilines is 1. The summed E-state index contributed by atoms with van der Waals surface area (Å²) < 4.78 is 5.22. The number of rotatable bonds is 4. The lowest BCUT2D eigenvalue weighted by atomic mass is 10.0. The predicted octanol–water partition coefficient (Wildman–Crippen LogP) is 1.96. The van der Waals surface area contributed by atoms with Gasteiger partial charge in [0.05, 0.1) is 7.11 Å². The molecule has 2 aliphatic rings. The highest BCUT2D eigenvalue weighted by Gasteiger charge is 2.21. The van der Waals surface area contributed by atoms with Crippen molar-refractivity contribution in [1.82, 2.24) is 10.2 Å². The standard InChI is InChI=1S/C17H27N3O/c1-21-17-7-5-16(6-8-17)20-12-10-19(11-13-20)14-15-4-2-3-9-18-15/h5-8,15,18H,2-4,9-14H2,1H3. The summed E-state index contributed by atoms with van der Waals surface area (Å²) in [4.78, 5) is 5.09. The van der Waals surface area contributed by atoms with Gasteiger partial charge in [-0.3, -0.25) is 4.90 Å². The summed E-state index contributed by atoms with van der Waals surface area (Å²) in [7, 11) is 1.72. The highest BCUT2D eigenvalue weighted by atomic mass is 16.5. The summed E-state index contributed by atoms with van der Waals surface area (Å²) in [5.41, 5.74) is 1.31. The van der Waals surface area contributed by atoms with E-state index in [1.54, 1.807) is 7.11 Å². The van der Waals surface area contributed by atoms with E-state index >= 15 is 0 Å². The van der Waals surface area contributed by atoms with Crippen LogP contribution in [0.5, 0.6) is 5.75 Å². The summed E-state index contributed by atoms with van der Waals surface area (Å²) >= 11 is 0. The zero-order chi connectivity index (χ0) is 14.5. The number of methoxy groups -OCH3 is 1. The van der Waals surface area contributed by atoms with Gasteiger partial charge in [-0.2, -0.15) is 0 Å². The zero-order valence-electron chi connectivity index (χ0n) is 13.1. The van der Waals surface area contributed by atoms with E-state index in [0.717, 1.165) is 18.8 Å². The molecule has 2 aliphatic heterocycles. The maximum Gasteiger partial charge on any atom is 0.119 e. The van der Waals surface area contributed by atoms with Gasteiger partial charge in [-0.1, -0.05) is 6.42 Å². The van der Waals surface area contributed by atoms with Crippen LogP contribution >= 0.6 is 0 Å². The molecule has 0 spiro atoms. The van der Waals surface area contributed by atoms with Crippen molar-refractivity contribution in [3.05, 3.63) is 24.3 Å². The van der Waals surface area contributed by atoms with E-state index in [2.05, 4.69) is 27.2 Å². The van der Waals surface area contributed by atoms with Crippen molar-refractivity contribution in [2.45, 2.75) is 25.3 Å². The molecule has 0 amide bonds. The van der Waals surface area contributed by atoms with Gasteiger partial charge >= 0.3 is 0 Å². The molecular formula is C17H27N3O. The monoisotopic (exact) mass is 289 g/mol. The Labute approximate surface area is 128 Å². The van der Waals surface area contributed by atoms with E-state index in [1.807, 2.05) is 12.1 Å². The topological polar surface area (TPSA) is 27.7 Å². The number of benzene rings is 1. The molecule has 0 saturated carbocycles. The molecule has 2 fully saturated rings. The number of hydrogen-bond acceptors (Lipinski definition) is 4. The van der Waals surface area contributed by atoms with Crippen molar-refractivity contribution < 1.29 is 4.74 Å². The third-order valence-corrected chi connectivity index (χ3v) is 4.70. The number of nitrogens with zero attached hydrogens (tertiary/aromatic N) is 2. The lowest BCUT2D eigenvalue weighted by Gasteiger charge is -2.38. The molecule has 1 N–H and O–H groups in total. The molecule has 3 rings (SSSR count). The first-order valence-electron chi connectivity index (χ1n) is 8.20. The van der Waals surface area contributed by atoms with E-state index in [4.69, 9.17) is 4.74 Å². The normalized spacial score (nSPS) is 24.0. The Morgan fingerprint density at radius 3 is 2.48 bits per heavy atom. The molecular weight excluding hydrogens is 262 g/mol. The molecule has 2 heterocycles. The second-order valence-corrected chi connectivity index (χ2v) is 6.13.